The third-order valence-corrected chi connectivity index (χ3v) is 6.62. The van der Waals surface area contributed by atoms with Gasteiger partial charge in [-0.2, -0.15) is 0 Å². The van der Waals surface area contributed by atoms with Crippen molar-refractivity contribution < 1.29 is 18.3 Å². The fourth-order valence-electron chi connectivity index (χ4n) is 1.80. The summed E-state index contributed by atoms with van der Waals surface area (Å²) in [4.78, 5) is 10.9. The Bertz CT molecular complexity index is 798. The van der Waals surface area contributed by atoms with E-state index in [1.807, 2.05) is 13.0 Å². The maximum Gasteiger partial charge on any atom is 0.336 e. The molecule has 1 N–H and O–H groups in total. The molecule has 0 saturated carbocycles. The van der Waals surface area contributed by atoms with Gasteiger partial charge < -0.3 is 5.11 Å². The van der Waals surface area contributed by atoms with Gasteiger partial charge >= 0.3 is 5.97 Å². The minimum Gasteiger partial charge on any atom is -0.478 e. The molecule has 0 aliphatic carbocycles. The topological polar surface area (TPSA) is 74.7 Å². The van der Waals surface area contributed by atoms with Crippen molar-refractivity contribution in [2.75, 3.05) is 11.4 Å². The van der Waals surface area contributed by atoms with Crippen molar-refractivity contribution in [1.29, 1.82) is 0 Å². The van der Waals surface area contributed by atoms with Crippen LogP contribution in [0.5, 0.6) is 0 Å². The minimum absolute atomic E-state index is 0.00437. The van der Waals surface area contributed by atoms with Crippen LogP contribution in [0.3, 0.4) is 0 Å². The first-order valence-corrected chi connectivity index (χ1v) is 8.91. The Kier molecular flexibility index (Phi) is 4.40. The first kappa shape index (κ1) is 16.0. The third kappa shape index (κ3) is 3.12. The summed E-state index contributed by atoms with van der Waals surface area (Å²) in [5.41, 5.74) is 1.31. The van der Waals surface area contributed by atoms with Crippen LogP contribution in [0, 0.1) is 6.92 Å². The molecule has 8 heteroatoms. The van der Waals surface area contributed by atoms with Gasteiger partial charge in [0.15, 0.2) is 0 Å². The fraction of sp³-hybridized carbons (Fsp3) is 0.154. The molecule has 0 aliphatic rings. The molecule has 0 spiro atoms. The van der Waals surface area contributed by atoms with Crippen LogP contribution in [-0.2, 0) is 10.0 Å². The number of halogens is 1. The van der Waals surface area contributed by atoms with Crippen LogP contribution in [0.2, 0.25) is 0 Å². The van der Waals surface area contributed by atoms with Crippen molar-refractivity contribution in [2.45, 2.75) is 11.1 Å². The number of rotatable bonds is 4. The second-order valence-corrected chi connectivity index (χ2v) is 8.39. The highest BCUT2D eigenvalue weighted by Crippen LogP contribution is 2.30. The van der Waals surface area contributed by atoms with E-state index in [4.69, 9.17) is 5.11 Å². The zero-order chi connectivity index (χ0) is 15.8. The maximum absolute atomic E-state index is 12.5. The van der Waals surface area contributed by atoms with E-state index in [0.29, 0.717) is 5.69 Å². The number of thiophene rings is 1. The minimum atomic E-state index is -3.77. The molecule has 0 saturated heterocycles. The summed E-state index contributed by atoms with van der Waals surface area (Å²) in [6, 6.07) is 6.44. The predicted octanol–water partition coefficient (Wildman–Crippen LogP) is 3.34. The lowest BCUT2D eigenvalue weighted by Crippen LogP contribution is -2.26. The van der Waals surface area contributed by atoms with E-state index in [1.54, 1.807) is 12.1 Å². The van der Waals surface area contributed by atoms with E-state index < -0.39 is 16.0 Å². The quantitative estimate of drug-likeness (QED) is 0.869. The summed E-state index contributed by atoms with van der Waals surface area (Å²) < 4.78 is 27.1. The van der Waals surface area contributed by atoms with Crippen molar-refractivity contribution in [1.82, 2.24) is 0 Å². The van der Waals surface area contributed by atoms with Gasteiger partial charge in [0.05, 0.1) is 11.3 Å². The van der Waals surface area contributed by atoms with Gasteiger partial charge in [0.1, 0.15) is 4.21 Å². The first-order chi connectivity index (χ1) is 9.73. The van der Waals surface area contributed by atoms with Crippen LogP contribution >= 0.6 is 27.3 Å². The Morgan fingerprint density at radius 3 is 2.52 bits per heavy atom. The number of carbonyl (C=O) groups is 1. The zero-order valence-electron chi connectivity index (χ0n) is 11.2. The monoisotopic (exact) mass is 389 g/mol. The van der Waals surface area contributed by atoms with E-state index in [-0.39, 0.29) is 9.77 Å². The van der Waals surface area contributed by atoms with E-state index in [1.165, 1.54) is 18.5 Å². The molecule has 112 valence electrons. The van der Waals surface area contributed by atoms with Crippen LogP contribution in [-0.4, -0.2) is 26.5 Å². The van der Waals surface area contributed by atoms with E-state index in [0.717, 1.165) is 25.7 Å². The number of aromatic carboxylic acids is 1. The Hall–Kier alpha value is -1.38. The standard InChI is InChI=1S/C13H12BrNO4S2/c1-8-5-10(14)3-4-11(8)15(2)21(18,19)12-6-9(7-20-12)13(16)17/h3-7H,1-2H3,(H,16,17). The van der Waals surface area contributed by atoms with Crippen molar-refractivity contribution in [3.8, 4) is 0 Å². The van der Waals surface area contributed by atoms with Crippen LogP contribution in [0.15, 0.2) is 38.3 Å². The van der Waals surface area contributed by atoms with Crippen LogP contribution in [0.25, 0.3) is 0 Å². The molecule has 1 aromatic carbocycles. The van der Waals surface area contributed by atoms with Crippen LogP contribution < -0.4 is 4.31 Å². The molecule has 21 heavy (non-hydrogen) atoms. The highest BCUT2D eigenvalue weighted by Gasteiger charge is 2.25. The first-order valence-electron chi connectivity index (χ1n) is 5.80. The van der Waals surface area contributed by atoms with Crippen molar-refractivity contribution >= 4 is 48.9 Å². The maximum atomic E-state index is 12.5. The van der Waals surface area contributed by atoms with Gasteiger partial charge in [-0.1, -0.05) is 15.9 Å². The number of sulfonamides is 1. The van der Waals surface area contributed by atoms with E-state index >= 15 is 0 Å². The molecule has 0 fully saturated rings. The predicted molar refractivity (Wildman–Crippen MR) is 85.7 cm³/mol. The molecular formula is C13H12BrNO4S2. The molecule has 2 aromatic rings. The number of carboxylic acids is 1. The van der Waals surface area contributed by atoms with Gasteiger partial charge in [0.2, 0.25) is 0 Å². The van der Waals surface area contributed by atoms with Gasteiger partial charge in [-0.05, 0) is 36.8 Å². The van der Waals surface area contributed by atoms with Gasteiger partial charge in [-0.15, -0.1) is 11.3 Å². The summed E-state index contributed by atoms with van der Waals surface area (Å²) in [6.45, 7) is 1.81. The summed E-state index contributed by atoms with van der Waals surface area (Å²) in [5.74, 6) is -1.14. The summed E-state index contributed by atoms with van der Waals surface area (Å²) in [6.07, 6.45) is 0. The lowest BCUT2D eigenvalue weighted by Gasteiger charge is -2.20. The molecule has 0 bridgehead atoms. The summed E-state index contributed by atoms with van der Waals surface area (Å²) >= 11 is 4.23. The average molecular weight is 390 g/mol. The third-order valence-electron chi connectivity index (χ3n) is 2.94. The number of carboxylic acid groups (broad SMARTS) is 1. The number of nitrogens with zero attached hydrogens (tertiary/aromatic N) is 1. The highest BCUT2D eigenvalue weighted by molar-refractivity contribution is 9.10. The molecule has 1 heterocycles. The van der Waals surface area contributed by atoms with Gasteiger partial charge in [0, 0.05) is 16.9 Å². The zero-order valence-corrected chi connectivity index (χ0v) is 14.4. The number of anilines is 1. The Labute approximate surface area is 135 Å². The van der Waals surface area contributed by atoms with Crippen molar-refractivity contribution in [3.63, 3.8) is 0 Å². The molecular weight excluding hydrogens is 378 g/mol. The second kappa shape index (κ2) is 5.78. The fourth-order valence-corrected chi connectivity index (χ4v) is 4.86. The van der Waals surface area contributed by atoms with Crippen LogP contribution in [0.4, 0.5) is 5.69 Å². The van der Waals surface area contributed by atoms with Gasteiger partial charge in [0.25, 0.3) is 10.0 Å². The van der Waals surface area contributed by atoms with Crippen molar-refractivity contribution in [3.05, 3.63) is 45.2 Å². The lowest BCUT2D eigenvalue weighted by molar-refractivity contribution is 0.0697. The number of benzene rings is 1. The van der Waals surface area contributed by atoms with E-state index in [2.05, 4.69) is 15.9 Å². The highest BCUT2D eigenvalue weighted by atomic mass is 79.9. The SMILES string of the molecule is Cc1cc(Br)ccc1N(C)S(=O)(=O)c1cc(C(=O)O)cs1. The number of hydrogen-bond acceptors (Lipinski definition) is 4. The van der Waals surface area contributed by atoms with Gasteiger partial charge in [-0.3, -0.25) is 4.31 Å². The molecule has 1 aromatic heterocycles. The Morgan fingerprint density at radius 1 is 1.33 bits per heavy atom. The summed E-state index contributed by atoms with van der Waals surface area (Å²) in [7, 11) is -2.32. The van der Waals surface area contributed by atoms with Crippen molar-refractivity contribution in [2.24, 2.45) is 0 Å². The molecule has 2 rings (SSSR count). The Balaban J connectivity index is 2.44. The molecule has 0 atom stereocenters. The summed E-state index contributed by atoms with van der Waals surface area (Å²) in [5, 5.41) is 10.2. The normalized spacial score (nSPS) is 11.4. The molecule has 0 amide bonds. The van der Waals surface area contributed by atoms with E-state index in [9.17, 15) is 13.2 Å². The largest absolute Gasteiger partial charge is 0.478 e. The molecule has 0 radical (unpaired) electrons. The molecule has 0 aliphatic heterocycles. The number of aryl methyl sites for hydroxylation is 1. The Morgan fingerprint density at radius 2 is 2.00 bits per heavy atom. The average Bonchev–Trinajstić information content (AvgIpc) is 2.88. The second-order valence-electron chi connectivity index (χ2n) is 4.36. The lowest BCUT2D eigenvalue weighted by atomic mass is 10.2. The van der Waals surface area contributed by atoms with Crippen LogP contribution in [0.1, 0.15) is 15.9 Å². The smallest absolute Gasteiger partial charge is 0.336 e. The number of hydrogen-bond donors (Lipinski definition) is 1. The molecule has 0 unspecified atom stereocenters. The molecule has 5 nitrogen and oxygen atoms in total. The van der Waals surface area contributed by atoms with Gasteiger partial charge in [-0.25, -0.2) is 13.2 Å².